The molecule has 1 saturated carbocycles. The second-order valence-corrected chi connectivity index (χ2v) is 5.11. The van der Waals surface area contributed by atoms with Gasteiger partial charge in [0.25, 0.3) is 0 Å². The van der Waals surface area contributed by atoms with Crippen molar-refractivity contribution in [3.05, 3.63) is 48.6 Å². The van der Waals surface area contributed by atoms with Gasteiger partial charge >= 0.3 is 0 Å². The lowest BCUT2D eigenvalue weighted by molar-refractivity contribution is -0.134. The Morgan fingerprint density at radius 1 is 1.37 bits per heavy atom. The highest BCUT2D eigenvalue weighted by Crippen LogP contribution is 2.25. The van der Waals surface area contributed by atoms with Crippen LogP contribution in [-0.2, 0) is 4.79 Å². The quantitative estimate of drug-likeness (QED) is 0.825. The number of nitrogens with zero attached hydrogens (tertiary/aromatic N) is 1. The van der Waals surface area contributed by atoms with Crippen molar-refractivity contribution < 1.29 is 4.79 Å². The van der Waals surface area contributed by atoms with Crippen molar-refractivity contribution in [2.24, 2.45) is 5.73 Å². The Morgan fingerprint density at radius 3 is 2.58 bits per heavy atom. The SMILES string of the molecule is C=CCN(C(=O)[C@H](N)c1ccccc1)C1CCCC1. The molecule has 2 N–H and O–H groups in total. The van der Waals surface area contributed by atoms with E-state index in [1.54, 1.807) is 6.08 Å². The molecule has 0 radical (unpaired) electrons. The Labute approximate surface area is 115 Å². The summed E-state index contributed by atoms with van der Waals surface area (Å²) in [6.07, 6.45) is 6.36. The van der Waals surface area contributed by atoms with Crippen LogP contribution in [0.5, 0.6) is 0 Å². The second-order valence-electron chi connectivity index (χ2n) is 5.11. The van der Waals surface area contributed by atoms with Crippen LogP contribution in [0.2, 0.25) is 0 Å². The van der Waals surface area contributed by atoms with Gasteiger partial charge in [0.05, 0.1) is 0 Å². The smallest absolute Gasteiger partial charge is 0.244 e. The van der Waals surface area contributed by atoms with Gasteiger partial charge in [-0.25, -0.2) is 0 Å². The summed E-state index contributed by atoms with van der Waals surface area (Å²) in [7, 11) is 0. The minimum atomic E-state index is -0.568. The van der Waals surface area contributed by atoms with Gasteiger partial charge in [-0.05, 0) is 18.4 Å². The van der Waals surface area contributed by atoms with E-state index in [4.69, 9.17) is 5.73 Å². The molecular formula is C16H22N2O. The summed E-state index contributed by atoms with van der Waals surface area (Å²) in [5.41, 5.74) is 6.99. The summed E-state index contributed by atoms with van der Waals surface area (Å²) >= 11 is 0. The van der Waals surface area contributed by atoms with Gasteiger partial charge in [-0.15, -0.1) is 6.58 Å². The van der Waals surface area contributed by atoms with Crippen LogP contribution in [0.3, 0.4) is 0 Å². The van der Waals surface area contributed by atoms with E-state index >= 15 is 0 Å². The van der Waals surface area contributed by atoms with E-state index in [0.29, 0.717) is 12.6 Å². The number of carbonyl (C=O) groups excluding carboxylic acids is 1. The largest absolute Gasteiger partial charge is 0.334 e. The molecule has 0 unspecified atom stereocenters. The number of benzene rings is 1. The molecule has 3 heteroatoms. The van der Waals surface area contributed by atoms with E-state index in [2.05, 4.69) is 6.58 Å². The summed E-state index contributed by atoms with van der Waals surface area (Å²) in [6.45, 7) is 4.34. The van der Waals surface area contributed by atoms with Gasteiger partial charge < -0.3 is 10.6 Å². The van der Waals surface area contributed by atoms with Crippen molar-refractivity contribution in [1.29, 1.82) is 0 Å². The van der Waals surface area contributed by atoms with Crippen LogP contribution in [0.1, 0.15) is 37.3 Å². The highest BCUT2D eigenvalue weighted by Gasteiger charge is 2.29. The number of hydrogen-bond acceptors (Lipinski definition) is 2. The number of carbonyl (C=O) groups is 1. The van der Waals surface area contributed by atoms with Crippen molar-refractivity contribution in [3.63, 3.8) is 0 Å². The fourth-order valence-corrected chi connectivity index (χ4v) is 2.76. The minimum absolute atomic E-state index is 0.0120. The van der Waals surface area contributed by atoms with Crippen molar-refractivity contribution >= 4 is 5.91 Å². The van der Waals surface area contributed by atoms with Crippen LogP contribution in [0, 0.1) is 0 Å². The van der Waals surface area contributed by atoms with E-state index < -0.39 is 6.04 Å². The highest BCUT2D eigenvalue weighted by molar-refractivity contribution is 5.83. The van der Waals surface area contributed by atoms with E-state index in [1.165, 1.54) is 12.8 Å². The molecule has 0 saturated heterocycles. The third kappa shape index (κ3) is 3.24. The maximum atomic E-state index is 12.6. The van der Waals surface area contributed by atoms with Gasteiger partial charge in [-0.2, -0.15) is 0 Å². The fraction of sp³-hybridized carbons (Fsp3) is 0.438. The van der Waals surface area contributed by atoms with Gasteiger partial charge in [0, 0.05) is 12.6 Å². The average molecular weight is 258 g/mol. The molecule has 1 atom stereocenters. The molecule has 1 aliphatic carbocycles. The van der Waals surface area contributed by atoms with Crippen molar-refractivity contribution in [2.75, 3.05) is 6.54 Å². The number of amides is 1. The Bertz CT molecular complexity index is 424. The van der Waals surface area contributed by atoms with Gasteiger partial charge in [0.2, 0.25) is 5.91 Å². The zero-order chi connectivity index (χ0) is 13.7. The zero-order valence-electron chi connectivity index (χ0n) is 11.3. The monoisotopic (exact) mass is 258 g/mol. The molecular weight excluding hydrogens is 236 g/mol. The van der Waals surface area contributed by atoms with E-state index in [0.717, 1.165) is 18.4 Å². The normalized spacial score (nSPS) is 17.1. The molecule has 2 rings (SSSR count). The molecule has 0 aliphatic heterocycles. The lowest BCUT2D eigenvalue weighted by atomic mass is 10.1. The maximum absolute atomic E-state index is 12.6. The molecule has 19 heavy (non-hydrogen) atoms. The summed E-state index contributed by atoms with van der Waals surface area (Å²) < 4.78 is 0. The standard InChI is InChI=1S/C16H22N2O/c1-2-12-18(14-10-6-7-11-14)16(19)15(17)13-8-4-3-5-9-13/h2-5,8-9,14-15H,1,6-7,10-12,17H2/t15-/m1/s1. The first-order chi connectivity index (χ1) is 9.24. The molecule has 0 bridgehead atoms. The molecule has 1 aromatic carbocycles. The van der Waals surface area contributed by atoms with Crippen LogP contribution >= 0.6 is 0 Å². The summed E-state index contributed by atoms with van der Waals surface area (Å²) in [6, 6.07) is 9.33. The van der Waals surface area contributed by atoms with E-state index in [-0.39, 0.29) is 5.91 Å². The van der Waals surface area contributed by atoms with Crippen molar-refractivity contribution in [2.45, 2.75) is 37.8 Å². The third-order valence-corrected chi connectivity index (χ3v) is 3.80. The van der Waals surface area contributed by atoms with Gasteiger partial charge in [0.15, 0.2) is 0 Å². The van der Waals surface area contributed by atoms with E-state index in [1.807, 2.05) is 35.2 Å². The molecule has 3 nitrogen and oxygen atoms in total. The topological polar surface area (TPSA) is 46.3 Å². The van der Waals surface area contributed by atoms with Crippen molar-refractivity contribution in [1.82, 2.24) is 4.90 Å². The third-order valence-electron chi connectivity index (χ3n) is 3.80. The summed E-state index contributed by atoms with van der Waals surface area (Å²) in [5, 5.41) is 0. The molecule has 102 valence electrons. The summed E-state index contributed by atoms with van der Waals surface area (Å²) in [4.78, 5) is 14.5. The Hall–Kier alpha value is -1.61. The predicted molar refractivity (Wildman–Crippen MR) is 77.5 cm³/mol. The van der Waals surface area contributed by atoms with Gasteiger partial charge in [0.1, 0.15) is 6.04 Å². The van der Waals surface area contributed by atoms with Crippen molar-refractivity contribution in [3.8, 4) is 0 Å². The van der Waals surface area contributed by atoms with Crippen LogP contribution in [0.15, 0.2) is 43.0 Å². The van der Waals surface area contributed by atoms with Crippen LogP contribution in [-0.4, -0.2) is 23.4 Å². The number of rotatable bonds is 5. The average Bonchev–Trinajstić information content (AvgIpc) is 2.98. The molecule has 1 amide bonds. The van der Waals surface area contributed by atoms with Crippen LogP contribution < -0.4 is 5.73 Å². The highest BCUT2D eigenvalue weighted by atomic mass is 16.2. The number of nitrogens with two attached hydrogens (primary N) is 1. The van der Waals surface area contributed by atoms with Gasteiger partial charge in [-0.1, -0.05) is 49.2 Å². The molecule has 0 spiro atoms. The predicted octanol–water partition coefficient (Wildman–Crippen LogP) is 2.64. The summed E-state index contributed by atoms with van der Waals surface area (Å²) in [5.74, 6) is 0.0120. The van der Waals surface area contributed by atoms with E-state index in [9.17, 15) is 4.79 Å². The Kier molecular flexibility index (Phi) is 4.74. The molecule has 1 fully saturated rings. The molecule has 0 aromatic heterocycles. The zero-order valence-corrected chi connectivity index (χ0v) is 11.3. The van der Waals surface area contributed by atoms with Crippen LogP contribution in [0.4, 0.5) is 0 Å². The molecule has 1 aliphatic rings. The number of hydrogen-bond donors (Lipinski definition) is 1. The Balaban J connectivity index is 2.12. The maximum Gasteiger partial charge on any atom is 0.244 e. The molecule has 1 aromatic rings. The minimum Gasteiger partial charge on any atom is -0.334 e. The molecule has 0 heterocycles. The fourth-order valence-electron chi connectivity index (χ4n) is 2.76. The lowest BCUT2D eigenvalue weighted by Gasteiger charge is -2.30. The van der Waals surface area contributed by atoms with Gasteiger partial charge in [-0.3, -0.25) is 4.79 Å². The van der Waals surface area contributed by atoms with Crippen LogP contribution in [0.25, 0.3) is 0 Å². The first kappa shape index (κ1) is 13.8. The first-order valence-corrected chi connectivity index (χ1v) is 6.96. The first-order valence-electron chi connectivity index (χ1n) is 6.96. The lowest BCUT2D eigenvalue weighted by Crippen LogP contribution is -2.44. The Morgan fingerprint density at radius 2 is 2.00 bits per heavy atom. The second kappa shape index (κ2) is 6.53.